The summed E-state index contributed by atoms with van der Waals surface area (Å²) in [5.41, 5.74) is 1.56. The fourth-order valence-corrected chi connectivity index (χ4v) is 3.32. The second kappa shape index (κ2) is 4.06. The molecule has 2 N–H and O–H groups in total. The van der Waals surface area contributed by atoms with Crippen LogP contribution in [0.25, 0.3) is 5.65 Å². The van der Waals surface area contributed by atoms with Crippen molar-refractivity contribution in [1.82, 2.24) is 20.0 Å². The zero-order valence-electron chi connectivity index (χ0n) is 10.5. The average molecular weight is 256 g/mol. The molecule has 5 nitrogen and oxygen atoms in total. The molecule has 2 aromatic heterocycles. The highest BCUT2D eigenvalue weighted by Crippen LogP contribution is 2.31. The number of fused-ring (bicyclic) bond motifs is 3. The van der Waals surface area contributed by atoms with Gasteiger partial charge in [-0.1, -0.05) is 0 Å². The molecular formula is C14H16N4O. The number of carbonyl (C=O) groups excluding carboxylic acids is 1. The van der Waals surface area contributed by atoms with Gasteiger partial charge in [-0.3, -0.25) is 4.79 Å². The van der Waals surface area contributed by atoms with Crippen molar-refractivity contribution in [3.63, 3.8) is 0 Å². The molecule has 1 saturated carbocycles. The van der Waals surface area contributed by atoms with Crippen LogP contribution in [-0.2, 0) is 0 Å². The van der Waals surface area contributed by atoms with E-state index in [4.69, 9.17) is 0 Å². The number of nitrogens with one attached hydrogen (secondary N) is 2. The largest absolute Gasteiger partial charge is 0.349 e. The molecule has 4 rings (SSSR count). The van der Waals surface area contributed by atoms with E-state index in [-0.39, 0.29) is 5.91 Å². The lowest BCUT2D eigenvalue weighted by Crippen LogP contribution is -2.44. The molecule has 1 aliphatic heterocycles. The highest BCUT2D eigenvalue weighted by Gasteiger charge is 2.40. The zero-order chi connectivity index (χ0) is 12.8. The smallest absolute Gasteiger partial charge is 0.253 e. The van der Waals surface area contributed by atoms with E-state index in [1.807, 2.05) is 28.9 Å². The van der Waals surface area contributed by atoms with Crippen LogP contribution in [0.15, 0.2) is 30.7 Å². The van der Waals surface area contributed by atoms with E-state index in [0.29, 0.717) is 23.6 Å². The Morgan fingerprint density at radius 2 is 2.37 bits per heavy atom. The monoisotopic (exact) mass is 256 g/mol. The number of carbonyl (C=O) groups is 1. The van der Waals surface area contributed by atoms with Crippen LogP contribution in [0, 0.1) is 5.92 Å². The van der Waals surface area contributed by atoms with Crippen molar-refractivity contribution < 1.29 is 4.79 Å². The van der Waals surface area contributed by atoms with E-state index in [1.54, 1.807) is 6.20 Å². The van der Waals surface area contributed by atoms with Crippen molar-refractivity contribution in [2.75, 3.05) is 6.54 Å². The molecule has 5 heteroatoms. The van der Waals surface area contributed by atoms with Crippen LogP contribution in [0.2, 0.25) is 0 Å². The van der Waals surface area contributed by atoms with Crippen LogP contribution < -0.4 is 10.6 Å². The van der Waals surface area contributed by atoms with Crippen LogP contribution in [-0.4, -0.2) is 33.9 Å². The van der Waals surface area contributed by atoms with Gasteiger partial charge in [0.2, 0.25) is 0 Å². The lowest BCUT2D eigenvalue weighted by Gasteiger charge is -2.23. The fraction of sp³-hybridized carbons (Fsp3) is 0.429. The van der Waals surface area contributed by atoms with E-state index in [1.165, 1.54) is 6.42 Å². The Balaban J connectivity index is 1.53. The highest BCUT2D eigenvalue weighted by atomic mass is 16.1. The quantitative estimate of drug-likeness (QED) is 0.836. The van der Waals surface area contributed by atoms with Crippen molar-refractivity contribution in [2.45, 2.75) is 24.9 Å². The number of piperidine rings is 1. The summed E-state index contributed by atoms with van der Waals surface area (Å²) >= 11 is 0. The predicted octanol–water partition coefficient (Wildman–Crippen LogP) is 0.814. The molecule has 0 spiro atoms. The van der Waals surface area contributed by atoms with E-state index in [0.717, 1.165) is 18.6 Å². The predicted molar refractivity (Wildman–Crippen MR) is 71.0 cm³/mol. The van der Waals surface area contributed by atoms with Crippen LogP contribution in [0.4, 0.5) is 0 Å². The minimum atomic E-state index is 0.0214. The van der Waals surface area contributed by atoms with Crippen molar-refractivity contribution in [3.05, 3.63) is 36.3 Å². The normalized spacial score (nSPS) is 28.9. The number of aromatic nitrogens is 2. The minimum Gasteiger partial charge on any atom is -0.349 e. The summed E-state index contributed by atoms with van der Waals surface area (Å²) in [6, 6.07) is 4.64. The SMILES string of the molecule is O=C(N[C@H]1C[C@H]2C[C@@H]1CN2)c1ccc2nccn2c1. The molecule has 1 saturated heterocycles. The first kappa shape index (κ1) is 11.0. The molecule has 2 aliphatic rings. The van der Waals surface area contributed by atoms with Crippen LogP contribution in [0.1, 0.15) is 23.2 Å². The van der Waals surface area contributed by atoms with Gasteiger partial charge in [0.05, 0.1) is 5.56 Å². The summed E-state index contributed by atoms with van der Waals surface area (Å²) < 4.78 is 1.87. The summed E-state index contributed by atoms with van der Waals surface area (Å²) in [6.07, 6.45) is 7.69. The molecule has 2 bridgehead atoms. The zero-order valence-corrected chi connectivity index (χ0v) is 10.5. The molecule has 2 aromatic rings. The van der Waals surface area contributed by atoms with Gasteiger partial charge in [0, 0.05) is 37.2 Å². The Bertz CT molecular complexity index is 635. The van der Waals surface area contributed by atoms with Gasteiger partial charge in [-0.25, -0.2) is 4.98 Å². The van der Waals surface area contributed by atoms with Gasteiger partial charge >= 0.3 is 0 Å². The summed E-state index contributed by atoms with van der Waals surface area (Å²) in [4.78, 5) is 16.5. The lowest BCUT2D eigenvalue weighted by molar-refractivity contribution is 0.0924. The van der Waals surface area contributed by atoms with Crippen molar-refractivity contribution in [1.29, 1.82) is 0 Å². The first-order chi connectivity index (χ1) is 9.29. The number of imidazole rings is 1. The average Bonchev–Trinajstić information content (AvgIpc) is 3.13. The second-order valence-corrected chi connectivity index (χ2v) is 5.53. The minimum absolute atomic E-state index is 0.0214. The molecular weight excluding hydrogens is 240 g/mol. The molecule has 19 heavy (non-hydrogen) atoms. The van der Waals surface area contributed by atoms with Gasteiger partial charge in [0.25, 0.3) is 5.91 Å². The van der Waals surface area contributed by atoms with Gasteiger partial charge < -0.3 is 15.0 Å². The summed E-state index contributed by atoms with van der Waals surface area (Å²) in [6.45, 7) is 1.04. The molecule has 0 aromatic carbocycles. The van der Waals surface area contributed by atoms with Gasteiger partial charge in [-0.15, -0.1) is 0 Å². The molecule has 3 atom stereocenters. The summed E-state index contributed by atoms with van der Waals surface area (Å²) in [5, 5.41) is 6.63. The third-order valence-electron chi connectivity index (χ3n) is 4.33. The summed E-state index contributed by atoms with van der Waals surface area (Å²) in [7, 11) is 0. The molecule has 1 amide bonds. The van der Waals surface area contributed by atoms with E-state index >= 15 is 0 Å². The van der Waals surface area contributed by atoms with E-state index in [2.05, 4.69) is 15.6 Å². The number of hydrogen-bond donors (Lipinski definition) is 2. The van der Waals surface area contributed by atoms with Crippen LogP contribution in [0.5, 0.6) is 0 Å². The Hall–Kier alpha value is -1.88. The third-order valence-corrected chi connectivity index (χ3v) is 4.33. The maximum Gasteiger partial charge on any atom is 0.253 e. The Morgan fingerprint density at radius 1 is 1.42 bits per heavy atom. The number of hydrogen-bond acceptors (Lipinski definition) is 3. The maximum atomic E-state index is 12.3. The Kier molecular flexibility index (Phi) is 2.35. The van der Waals surface area contributed by atoms with Crippen LogP contribution >= 0.6 is 0 Å². The first-order valence-corrected chi connectivity index (χ1v) is 6.76. The molecule has 1 aliphatic carbocycles. The first-order valence-electron chi connectivity index (χ1n) is 6.76. The van der Waals surface area contributed by atoms with Gasteiger partial charge in [0.15, 0.2) is 0 Å². The maximum absolute atomic E-state index is 12.3. The van der Waals surface area contributed by atoms with E-state index < -0.39 is 0 Å². The van der Waals surface area contributed by atoms with Crippen molar-refractivity contribution in [2.24, 2.45) is 5.92 Å². The standard InChI is InChI=1S/C14H16N4O/c19-14(17-12-6-11-5-10(12)7-16-11)9-1-2-13-15-3-4-18(13)8-9/h1-4,8,10-12,16H,5-7H2,(H,17,19)/t10-,11-,12+/m1/s1. The van der Waals surface area contributed by atoms with Gasteiger partial charge in [-0.2, -0.15) is 0 Å². The Labute approximate surface area is 111 Å². The fourth-order valence-electron chi connectivity index (χ4n) is 3.32. The molecule has 2 fully saturated rings. The van der Waals surface area contributed by atoms with E-state index in [9.17, 15) is 4.79 Å². The van der Waals surface area contributed by atoms with Crippen LogP contribution in [0.3, 0.4) is 0 Å². The summed E-state index contributed by atoms with van der Waals surface area (Å²) in [5.74, 6) is 0.624. The lowest BCUT2D eigenvalue weighted by atomic mass is 10.0. The molecule has 3 heterocycles. The molecule has 0 radical (unpaired) electrons. The number of rotatable bonds is 2. The molecule has 0 unspecified atom stereocenters. The topological polar surface area (TPSA) is 58.4 Å². The van der Waals surface area contributed by atoms with Gasteiger partial charge in [-0.05, 0) is 30.9 Å². The Morgan fingerprint density at radius 3 is 3.16 bits per heavy atom. The van der Waals surface area contributed by atoms with Gasteiger partial charge in [0.1, 0.15) is 5.65 Å². The highest BCUT2D eigenvalue weighted by molar-refractivity contribution is 5.94. The number of pyridine rings is 1. The molecule has 98 valence electrons. The van der Waals surface area contributed by atoms with Crippen molar-refractivity contribution >= 4 is 11.6 Å². The third kappa shape index (κ3) is 1.81. The number of amides is 1. The second-order valence-electron chi connectivity index (χ2n) is 5.53. The van der Waals surface area contributed by atoms with Crippen molar-refractivity contribution in [3.8, 4) is 0 Å². The number of nitrogens with zero attached hydrogens (tertiary/aromatic N) is 2.